The van der Waals surface area contributed by atoms with Crippen LogP contribution < -0.4 is 0 Å². The fourth-order valence-electron chi connectivity index (χ4n) is 8.17. The maximum absolute atomic E-state index is 12.8. The summed E-state index contributed by atoms with van der Waals surface area (Å²) in [5.74, 6) is -1.10. The maximum atomic E-state index is 12.8. The number of phosphoric acid groups is 1. The first-order valence-electron chi connectivity index (χ1n) is 26.0. The number of ether oxygens (including phenoxy) is 2. The fraction of sp³-hybridized carbons (Fsp3) is 0.920. The molecule has 0 heterocycles. The average Bonchev–Trinajstić information content (AvgIpc) is 3.28. The van der Waals surface area contributed by atoms with Crippen molar-refractivity contribution in [2.24, 2.45) is 0 Å². The van der Waals surface area contributed by atoms with Crippen LogP contribution in [0, 0.1) is 0 Å². The number of carbonyl (C=O) groups is 2. The lowest BCUT2D eigenvalue weighted by Gasteiger charge is -2.41. The standard InChI is InChI=1S/C50H95O13P/c1-3-5-7-9-11-13-15-17-18-19-20-21-22-23-24-25-27-29-31-33-35-37-39-44(52)62-42(41-61-64(58,59)63-50-48(56)46(54)45(53)47(55)49(50)57)40-60-43(51)38-36-34-32-30-28-26-16-14-12-10-8-6-4-2/h14,16,42,45-50,53-57H,3-13,15,17-41H2,1-2H3,(H,58,59)/b16-14+/t42-,45?,46-,47?,48?,49?,50?/m1/s1. The third-order valence-electron chi connectivity index (χ3n) is 12.4. The van der Waals surface area contributed by atoms with E-state index in [9.17, 15) is 44.6 Å². The molecule has 0 aliphatic heterocycles. The molecule has 64 heavy (non-hydrogen) atoms. The van der Waals surface area contributed by atoms with Gasteiger partial charge in [-0.15, -0.1) is 0 Å². The predicted molar refractivity (Wildman–Crippen MR) is 254 cm³/mol. The number of phosphoric ester groups is 1. The molecule has 0 spiro atoms. The zero-order chi connectivity index (χ0) is 47.1. The van der Waals surface area contributed by atoms with Crippen molar-refractivity contribution >= 4 is 19.8 Å². The Morgan fingerprint density at radius 1 is 0.469 bits per heavy atom. The first kappa shape index (κ1) is 60.6. The summed E-state index contributed by atoms with van der Waals surface area (Å²) in [6.45, 7) is 3.31. The molecule has 0 amide bonds. The van der Waals surface area contributed by atoms with Crippen LogP contribution in [-0.2, 0) is 32.7 Å². The molecular formula is C50H95O13P. The van der Waals surface area contributed by atoms with Crippen LogP contribution in [0.3, 0.4) is 0 Å². The van der Waals surface area contributed by atoms with Crippen molar-refractivity contribution in [3.05, 3.63) is 12.2 Å². The fourth-order valence-corrected chi connectivity index (χ4v) is 9.14. The third kappa shape index (κ3) is 32.3. The number of rotatable bonds is 44. The van der Waals surface area contributed by atoms with Crippen LogP contribution in [0.5, 0.6) is 0 Å². The highest BCUT2D eigenvalue weighted by Crippen LogP contribution is 2.47. The highest BCUT2D eigenvalue weighted by atomic mass is 31.2. The smallest absolute Gasteiger partial charge is 0.462 e. The van der Waals surface area contributed by atoms with Crippen molar-refractivity contribution in [2.75, 3.05) is 13.2 Å². The summed E-state index contributed by atoms with van der Waals surface area (Å²) in [5.41, 5.74) is 0. The van der Waals surface area contributed by atoms with Crippen molar-refractivity contribution in [3.8, 4) is 0 Å². The molecular weight excluding hydrogens is 840 g/mol. The molecule has 1 saturated carbocycles. The van der Waals surface area contributed by atoms with Gasteiger partial charge in [-0.1, -0.05) is 199 Å². The second kappa shape index (κ2) is 40.6. The summed E-state index contributed by atoms with van der Waals surface area (Å²) < 4.78 is 33.6. The van der Waals surface area contributed by atoms with E-state index in [-0.39, 0.29) is 12.8 Å². The molecule has 13 nitrogen and oxygen atoms in total. The summed E-state index contributed by atoms with van der Waals surface area (Å²) >= 11 is 0. The molecule has 0 saturated heterocycles. The van der Waals surface area contributed by atoms with Gasteiger partial charge in [0.2, 0.25) is 0 Å². The van der Waals surface area contributed by atoms with Gasteiger partial charge in [0.05, 0.1) is 6.61 Å². The zero-order valence-electron chi connectivity index (χ0n) is 40.3. The van der Waals surface area contributed by atoms with Crippen molar-refractivity contribution in [2.45, 2.75) is 281 Å². The van der Waals surface area contributed by atoms with Crippen LogP contribution in [0.2, 0.25) is 0 Å². The Balaban J connectivity index is 2.35. The third-order valence-corrected chi connectivity index (χ3v) is 13.3. The Hall–Kier alpha value is -1.41. The van der Waals surface area contributed by atoms with Crippen LogP contribution in [0.25, 0.3) is 0 Å². The van der Waals surface area contributed by atoms with Crippen molar-refractivity contribution in [3.63, 3.8) is 0 Å². The normalized spacial score (nSPS) is 21.6. The van der Waals surface area contributed by atoms with E-state index in [1.54, 1.807) is 0 Å². The van der Waals surface area contributed by atoms with Crippen LogP contribution in [0.15, 0.2) is 12.2 Å². The lowest BCUT2D eigenvalue weighted by molar-refractivity contribution is -0.220. The van der Waals surface area contributed by atoms with Crippen molar-refractivity contribution in [1.29, 1.82) is 0 Å². The van der Waals surface area contributed by atoms with E-state index in [0.29, 0.717) is 12.8 Å². The molecule has 0 aromatic heterocycles. The molecule has 1 aliphatic rings. The molecule has 0 aromatic carbocycles. The molecule has 1 fully saturated rings. The van der Waals surface area contributed by atoms with Gasteiger partial charge in [-0.2, -0.15) is 0 Å². The number of hydrogen-bond donors (Lipinski definition) is 6. The van der Waals surface area contributed by atoms with E-state index >= 15 is 0 Å². The van der Waals surface area contributed by atoms with Crippen LogP contribution >= 0.6 is 7.82 Å². The Morgan fingerprint density at radius 3 is 1.20 bits per heavy atom. The van der Waals surface area contributed by atoms with Gasteiger partial charge in [-0.05, 0) is 38.5 Å². The minimum atomic E-state index is -5.12. The van der Waals surface area contributed by atoms with E-state index in [0.717, 1.165) is 57.8 Å². The molecule has 14 heteroatoms. The molecule has 0 aromatic rings. The summed E-state index contributed by atoms with van der Waals surface area (Å²) in [6, 6.07) is 0. The lowest BCUT2D eigenvalue weighted by Crippen LogP contribution is -2.64. The van der Waals surface area contributed by atoms with Gasteiger partial charge >= 0.3 is 19.8 Å². The van der Waals surface area contributed by atoms with Gasteiger partial charge in [0.25, 0.3) is 0 Å². The number of hydrogen-bond acceptors (Lipinski definition) is 12. The van der Waals surface area contributed by atoms with Gasteiger partial charge in [0, 0.05) is 12.8 Å². The zero-order valence-corrected chi connectivity index (χ0v) is 41.2. The number of aliphatic hydroxyl groups is 5. The minimum absolute atomic E-state index is 0.101. The lowest BCUT2D eigenvalue weighted by atomic mass is 9.85. The van der Waals surface area contributed by atoms with Gasteiger partial charge < -0.3 is 39.9 Å². The Labute approximate surface area is 388 Å². The van der Waals surface area contributed by atoms with E-state index < -0.39 is 75.7 Å². The number of aliphatic hydroxyl groups excluding tert-OH is 5. The van der Waals surface area contributed by atoms with Crippen LogP contribution in [-0.4, -0.2) is 98.3 Å². The molecule has 0 bridgehead atoms. The predicted octanol–water partition coefficient (Wildman–Crippen LogP) is 11.0. The molecule has 1 rings (SSSR count). The van der Waals surface area contributed by atoms with E-state index in [2.05, 4.69) is 26.0 Å². The summed E-state index contributed by atoms with van der Waals surface area (Å²) in [7, 11) is -5.12. The summed E-state index contributed by atoms with van der Waals surface area (Å²) in [6.07, 6.45) is 31.3. The minimum Gasteiger partial charge on any atom is -0.462 e. The monoisotopic (exact) mass is 935 g/mol. The van der Waals surface area contributed by atoms with E-state index in [4.69, 9.17) is 18.5 Å². The Kier molecular flexibility index (Phi) is 38.5. The van der Waals surface area contributed by atoms with Crippen LogP contribution in [0.4, 0.5) is 0 Å². The number of allylic oxidation sites excluding steroid dienone is 2. The van der Waals surface area contributed by atoms with Crippen LogP contribution in [0.1, 0.15) is 239 Å². The molecule has 378 valence electrons. The van der Waals surface area contributed by atoms with Gasteiger partial charge in [0.15, 0.2) is 6.10 Å². The molecule has 0 radical (unpaired) electrons. The first-order valence-corrected chi connectivity index (χ1v) is 27.5. The molecule has 6 N–H and O–H groups in total. The largest absolute Gasteiger partial charge is 0.472 e. The number of carbonyl (C=O) groups excluding carboxylic acids is 2. The second-order valence-corrected chi connectivity index (χ2v) is 19.8. The average molecular weight is 935 g/mol. The SMILES string of the molecule is CCCCCC/C=C/CCCCCCCC(=O)OC[C@H](COP(=O)(O)OC1C(O)C(O)C(O)[C@@H](O)C1O)OC(=O)CCCCCCCCCCCCCCCCCCCCCCCC. The second-order valence-electron chi connectivity index (χ2n) is 18.4. The van der Waals surface area contributed by atoms with Crippen molar-refractivity contribution in [1.82, 2.24) is 0 Å². The number of unbranched alkanes of at least 4 members (excludes halogenated alkanes) is 30. The van der Waals surface area contributed by atoms with Gasteiger partial charge in [-0.3, -0.25) is 18.6 Å². The molecule has 8 atom stereocenters. The summed E-state index contributed by atoms with van der Waals surface area (Å²) in [4.78, 5) is 35.8. The number of esters is 2. The van der Waals surface area contributed by atoms with Gasteiger partial charge in [-0.25, -0.2) is 4.57 Å². The topological polar surface area (TPSA) is 210 Å². The highest BCUT2D eigenvalue weighted by Gasteiger charge is 2.51. The highest BCUT2D eigenvalue weighted by molar-refractivity contribution is 7.47. The van der Waals surface area contributed by atoms with E-state index in [1.807, 2.05) is 0 Å². The van der Waals surface area contributed by atoms with E-state index in [1.165, 1.54) is 141 Å². The Bertz CT molecular complexity index is 1170. The van der Waals surface area contributed by atoms with Crippen molar-refractivity contribution < 1.29 is 63.1 Å². The molecule has 1 aliphatic carbocycles. The summed E-state index contributed by atoms with van der Waals surface area (Å²) in [5, 5.41) is 50.2. The van der Waals surface area contributed by atoms with Gasteiger partial charge in [0.1, 0.15) is 43.2 Å². The first-order chi connectivity index (χ1) is 30.9. The Morgan fingerprint density at radius 2 is 0.797 bits per heavy atom. The molecule has 6 unspecified atom stereocenters. The quantitative estimate of drug-likeness (QED) is 0.0146. The maximum Gasteiger partial charge on any atom is 0.472 e.